The van der Waals surface area contributed by atoms with E-state index >= 15 is 0 Å². The summed E-state index contributed by atoms with van der Waals surface area (Å²) < 4.78 is 11.3. The zero-order valence-electron chi connectivity index (χ0n) is 13.6. The second-order valence-electron chi connectivity index (χ2n) is 5.66. The molecular weight excluding hydrogens is 334 g/mol. The van der Waals surface area contributed by atoms with Gasteiger partial charge in [-0.05, 0) is 35.7 Å². The number of fused-ring (bicyclic) bond motifs is 1. The molecule has 0 bridgehead atoms. The predicted octanol–water partition coefficient (Wildman–Crippen LogP) is 4.37. The Labute approximate surface area is 150 Å². The maximum absolute atomic E-state index is 13.1. The molecule has 0 radical (unpaired) electrons. The van der Waals surface area contributed by atoms with Crippen molar-refractivity contribution >= 4 is 22.9 Å². The third kappa shape index (κ3) is 3.37. The van der Waals surface area contributed by atoms with Crippen molar-refractivity contribution < 1.29 is 14.3 Å². The highest BCUT2D eigenvalue weighted by atomic mass is 32.1. The van der Waals surface area contributed by atoms with Crippen molar-refractivity contribution in [2.75, 3.05) is 18.1 Å². The number of hydrogen-bond donors (Lipinski definition) is 0. The average molecular weight is 351 g/mol. The van der Waals surface area contributed by atoms with Crippen molar-refractivity contribution in [3.63, 3.8) is 0 Å². The number of carbonyl (C=O) groups is 1. The first-order valence-corrected chi connectivity index (χ1v) is 8.98. The highest BCUT2D eigenvalue weighted by Crippen LogP contribution is 2.35. The Morgan fingerprint density at radius 1 is 0.960 bits per heavy atom. The number of carbonyl (C=O) groups excluding carboxylic acids is 1. The maximum atomic E-state index is 13.1. The fraction of sp³-hybridized carbons (Fsp3) is 0.150. The van der Waals surface area contributed by atoms with Crippen LogP contribution in [-0.2, 0) is 6.54 Å². The molecule has 4 nitrogen and oxygen atoms in total. The smallest absolute Gasteiger partial charge is 0.258 e. The molecule has 1 aliphatic rings. The number of amides is 1. The van der Waals surface area contributed by atoms with Gasteiger partial charge in [0.1, 0.15) is 13.2 Å². The number of rotatable bonds is 4. The van der Waals surface area contributed by atoms with Crippen molar-refractivity contribution in [1.82, 2.24) is 0 Å². The van der Waals surface area contributed by atoms with Gasteiger partial charge in [0.25, 0.3) is 5.91 Å². The topological polar surface area (TPSA) is 38.8 Å². The van der Waals surface area contributed by atoms with Gasteiger partial charge >= 0.3 is 0 Å². The second kappa shape index (κ2) is 6.99. The van der Waals surface area contributed by atoms with Gasteiger partial charge in [-0.2, -0.15) is 0 Å². The van der Waals surface area contributed by atoms with E-state index in [4.69, 9.17) is 9.47 Å². The van der Waals surface area contributed by atoms with Crippen molar-refractivity contribution in [2.24, 2.45) is 0 Å². The molecule has 1 amide bonds. The molecule has 4 rings (SSSR count). The Kier molecular flexibility index (Phi) is 4.39. The van der Waals surface area contributed by atoms with Crippen LogP contribution in [0.15, 0.2) is 66.0 Å². The lowest BCUT2D eigenvalue weighted by molar-refractivity contribution is 0.0985. The Morgan fingerprint density at radius 3 is 2.52 bits per heavy atom. The number of anilines is 1. The van der Waals surface area contributed by atoms with Gasteiger partial charge in [-0.25, -0.2) is 0 Å². The first-order valence-electron chi connectivity index (χ1n) is 8.10. The minimum absolute atomic E-state index is 0.0364. The molecule has 3 aromatic rings. The normalized spacial score (nSPS) is 12.6. The summed E-state index contributed by atoms with van der Waals surface area (Å²) in [6.07, 6.45) is 0. The van der Waals surface area contributed by atoms with Crippen LogP contribution in [0.3, 0.4) is 0 Å². The molecule has 25 heavy (non-hydrogen) atoms. The lowest BCUT2D eigenvalue weighted by Gasteiger charge is -2.25. The molecule has 5 heteroatoms. The summed E-state index contributed by atoms with van der Waals surface area (Å²) in [5.41, 5.74) is 1.46. The Balaban J connectivity index is 1.71. The largest absolute Gasteiger partial charge is 0.486 e. The summed E-state index contributed by atoms with van der Waals surface area (Å²) in [6.45, 7) is 1.59. The van der Waals surface area contributed by atoms with Crippen LogP contribution in [0.25, 0.3) is 0 Å². The van der Waals surface area contributed by atoms with Crippen LogP contribution in [0, 0.1) is 0 Å². The van der Waals surface area contributed by atoms with E-state index in [1.165, 1.54) is 0 Å². The lowest BCUT2D eigenvalue weighted by atomic mass is 10.1. The molecule has 0 saturated carbocycles. The monoisotopic (exact) mass is 351 g/mol. The van der Waals surface area contributed by atoms with E-state index in [-0.39, 0.29) is 5.91 Å². The van der Waals surface area contributed by atoms with E-state index in [0.29, 0.717) is 31.1 Å². The van der Waals surface area contributed by atoms with Gasteiger partial charge in [-0.1, -0.05) is 24.3 Å². The van der Waals surface area contributed by atoms with Crippen LogP contribution in [0.1, 0.15) is 15.2 Å². The Bertz CT molecular complexity index is 862. The van der Waals surface area contributed by atoms with E-state index < -0.39 is 0 Å². The summed E-state index contributed by atoms with van der Waals surface area (Å²) >= 11 is 1.64. The maximum Gasteiger partial charge on any atom is 0.258 e. The van der Waals surface area contributed by atoms with Crippen LogP contribution in [0.5, 0.6) is 11.5 Å². The molecule has 0 spiro atoms. The molecule has 1 aliphatic heterocycles. The first-order chi connectivity index (χ1) is 12.3. The van der Waals surface area contributed by atoms with Gasteiger partial charge < -0.3 is 14.4 Å². The van der Waals surface area contributed by atoms with Crippen molar-refractivity contribution in [2.45, 2.75) is 6.54 Å². The fourth-order valence-electron chi connectivity index (χ4n) is 2.78. The fourth-order valence-corrected chi connectivity index (χ4v) is 3.47. The van der Waals surface area contributed by atoms with E-state index in [1.54, 1.807) is 16.2 Å². The summed E-state index contributed by atoms with van der Waals surface area (Å²) in [5.74, 6) is 1.37. The minimum Gasteiger partial charge on any atom is -0.486 e. The number of ether oxygens (including phenoxy) is 2. The molecule has 2 aromatic carbocycles. The number of thiophene rings is 1. The zero-order valence-corrected chi connectivity index (χ0v) is 14.4. The first kappa shape index (κ1) is 15.7. The van der Waals surface area contributed by atoms with Crippen LogP contribution in [-0.4, -0.2) is 19.1 Å². The summed E-state index contributed by atoms with van der Waals surface area (Å²) in [5, 5.41) is 2.02. The highest BCUT2D eigenvalue weighted by molar-refractivity contribution is 7.09. The predicted molar refractivity (Wildman–Crippen MR) is 98.7 cm³/mol. The molecule has 0 saturated heterocycles. The number of hydrogen-bond acceptors (Lipinski definition) is 4. The number of nitrogens with zero attached hydrogens (tertiary/aromatic N) is 1. The number of benzene rings is 2. The Hall–Kier alpha value is -2.79. The van der Waals surface area contributed by atoms with Gasteiger partial charge in [0.2, 0.25) is 0 Å². The second-order valence-corrected chi connectivity index (χ2v) is 6.70. The average Bonchev–Trinajstić information content (AvgIpc) is 3.19. The highest BCUT2D eigenvalue weighted by Gasteiger charge is 2.21. The van der Waals surface area contributed by atoms with E-state index in [9.17, 15) is 4.79 Å². The molecule has 126 valence electrons. The van der Waals surface area contributed by atoms with Crippen LogP contribution in [0.4, 0.5) is 5.69 Å². The lowest BCUT2D eigenvalue weighted by Crippen LogP contribution is -2.30. The third-order valence-electron chi connectivity index (χ3n) is 4.00. The van der Waals surface area contributed by atoms with E-state index in [2.05, 4.69) is 0 Å². The van der Waals surface area contributed by atoms with Gasteiger partial charge in [-0.15, -0.1) is 11.3 Å². The molecule has 0 aliphatic carbocycles. The van der Waals surface area contributed by atoms with Crippen molar-refractivity contribution in [1.29, 1.82) is 0 Å². The molecule has 0 atom stereocenters. The van der Waals surface area contributed by atoms with Gasteiger partial charge in [0.15, 0.2) is 11.5 Å². The van der Waals surface area contributed by atoms with Crippen LogP contribution < -0.4 is 14.4 Å². The van der Waals surface area contributed by atoms with E-state index in [0.717, 1.165) is 16.3 Å². The summed E-state index contributed by atoms with van der Waals surface area (Å²) in [6, 6.07) is 19.0. The standard InChI is InChI=1S/C20H17NO3S/c22-20(15-5-2-1-3-6-15)21(14-17-7-4-12-25-17)16-8-9-18-19(13-16)24-11-10-23-18/h1-9,12-13H,10-11,14H2. The van der Waals surface area contributed by atoms with Gasteiger partial charge in [0, 0.05) is 22.2 Å². The summed E-state index contributed by atoms with van der Waals surface area (Å²) in [7, 11) is 0. The molecule has 0 N–H and O–H groups in total. The van der Waals surface area contributed by atoms with Gasteiger partial charge in [0.05, 0.1) is 6.54 Å². The third-order valence-corrected chi connectivity index (χ3v) is 4.86. The molecular formula is C20H17NO3S. The zero-order chi connectivity index (χ0) is 17.1. The molecule has 1 aromatic heterocycles. The van der Waals surface area contributed by atoms with Crippen LogP contribution >= 0.6 is 11.3 Å². The van der Waals surface area contributed by atoms with Crippen molar-refractivity contribution in [3.8, 4) is 11.5 Å². The minimum atomic E-state index is -0.0364. The SMILES string of the molecule is O=C(c1ccccc1)N(Cc1cccs1)c1ccc2c(c1)OCCO2. The molecule has 0 unspecified atom stereocenters. The Morgan fingerprint density at radius 2 is 1.76 bits per heavy atom. The molecule has 0 fully saturated rings. The quantitative estimate of drug-likeness (QED) is 0.701. The molecule has 2 heterocycles. The van der Waals surface area contributed by atoms with Gasteiger partial charge in [-0.3, -0.25) is 4.79 Å². The van der Waals surface area contributed by atoms with Crippen LogP contribution in [0.2, 0.25) is 0 Å². The summed E-state index contributed by atoms with van der Waals surface area (Å²) in [4.78, 5) is 16.0. The van der Waals surface area contributed by atoms with E-state index in [1.807, 2.05) is 66.0 Å². The van der Waals surface area contributed by atoms with Crippen molar-refractivity contribution in [3.05, 3.63) is 76.5 Å².